The fourth-order valence-corrected chi connectivity index (χ4v) is 1.58. The molecule has 0 saturated heterocycles. The van der Waals surface area contributed by atoms with Gasteiger partial charge >= 0.3 is 12.0 Å². The Hall–Kier alpha value is -2.37. The van der Waals surface area contributed by atoms with Crippen LogP contribution in [0.2, 0.25) is 0 Å². The third kappa shape index (κ3) is 3.31. The summed E-state index contributed by atoms with van der Waals surface area (Å²) in [6.45, 7) is 2.04. The fraction of sp³-hybridized carbons (Fsp3) is 0.308. The van der Waals surface area contributed by atoms with Crippen molar-refractivity contribution in [3.05, 3.63) is 35.7 Å². The van der Waals surface area contributed by atoms with Gasteiger partial charge in [0.1, 0.15) is 0 Å². The maximum atomic E-state index is 11.4. The van der Waals surface area contributed by atoms with Gasteiger partial charge in [0.25, 0.3) is 0 Å². The molecule has 0 unspecified atom stereocenters. The van der Waals surface area contributed by atoms with Gasteiger partial charge in [-0.15, -0.1) is 5.10 Å². The Morgan fingerprint density at radius 1 is 1.42 bits per heavy atom. The third-order valence-corrected chi connectivity index (χ3v) is 2.47. The summed E-state index contributed by atoms with van der Waals surface area (Å²) in [6, 6.07) is 7.20. The van der Waals surface area contributed by atoms with Crippen molar-refractivity contribution in [3.8, 4) is 0 Å². The Bertz CT molecular complexity index is 566. The predicted octanol–water partition coefficient (Wildman–Crippen LogP) is 2.55. The quantitative estimate of drug-likeness (QED) is 0.833. The molecule has 0 radical (unpaired) electrons. The largest absolute Gasteiger partial charge is 0.465 e. The second-order valence-electron chi connectivity index (χ2n) is 3.95. The zero-order chi connectivity index (χ0) is 13.7. The molecule has 2 aromatic rings. The molecular formula is C13H15N3O3. The summed E-state index contributed by atoms with van der Waals surface area (Å²) >= 11 is 0. The van der Waals surface area contributed by atoms with E-state index in [2.05, 4.69) is 20.3 Å². The monoisotopic (exact) mass is 261 g/mol. The van der Waals surface area contributed by atoms with Crippen LogP contribution in [0.25, 0.3) is 0 Å². The van der Waals surface area contributed by atoms with E-state index < -0.39 is 0 Å². The van der Waals surface area contributed by atoms with Crippen LogP contribution in [0.5, 0.6) is 0 Å². The molecule has 2 rings (SSSR count). The van der Waals surface area contributed by atoms with Crippen LogP contribution < -0.4 is 5.32 Å². The van der Waals surface area contributed by atoms with E-state index in [4.69, 9.17) is 4.42 Å². The lowest BCUT2D eigenvalue weighted by atomic mass is 10.2. The van der Waals surface area contributed by atoms with Crippen molar-refractivity contribution in [2.24, 2.45) is 0 Å². The Morgan fingerprint density at radius 3 is 3.00 bits per heavy atom. The van der Waals surface area contributed by atoms with Gasteiger partial charge in [0, 0.05) is 12.1 Å². The Balaban J connectivity index is 2.11. The highest BCUT2D eigenvalue weighted by molar-refractivity contribution is 5.90. The molecule has 0 aliphatic carbocycles. The fourth-order valence-electron chi connectivity index (χ4n) is 1.58. The van der Waals surface area contributed by atoms with E-state index in [1.165, 1.54) is 7.11 Å². The molecule has 0 amide bonds. The Labute approximate surface area is 110 Å². The number of benzene rings is 1. The van der Waals surface area contributed by atoms with Crippen molar-refractivity contribution in [2.45, 2.75) is 19.8 Å². The van der Waals surface area contributed by atoms with Crippen LogP contribution in [0, 0.1) is 0 Å². The first-order chi connectivity index (χ1) is 9.22. The van der Waals surface area contributed by atoms with Gasteiger partial charge in [0.05, 0.1) is 12.7 Å². The highest BCUT2D eigenvalue weighted by Crippen LogP contribution is 2.17. The zero-order valence-corrected chi connectivity index (χ0v) is 10.8. The van der Waals surface area contributed by atoms with Crippen molar-refractivity contribution in [1.29, 1.82) is 0 Å². The number of hydrogen-bond donors (Lipinski definition) is 1. The number of aromatic nitrogens is 2. The molecule has 1 N–H and O–H groups in total. The molecule has 0 spiro atoms. The minimum absolute atomic E-state index is 0.311. The second kappa shape index (κ2) is 5.99. The number of carbonyl (C=O) groups excluding carboxylic acids is 1. The van der Waals surface area contributed by atoms with E-state index in [-0.39, 0.29) is 5.97 Å². The number of ether oxygens (including phenoxy) is 1. The molecule has 1 aromatic carbocycles. The maximum absolute atomic E-state index is 11.4. The average molecular weight is 261 g/mol. The molecule has 0 bridgehead atoms. The molecule has 0 saturated carbocycles. The topological polar surface area (TPSA) is 77.2 Å². The molecule has 0 aliphatic rings. The lowest BCUT2D eigenvalue weighted by molar-refractivity contribution is 0.0601. The number of nitrogens with one attached hydrogen (secondary N) is 1. The van der Waals surface area contributed by atoms with Crippen molar-refractivity contribution < 1.29 is 13.9 Å². The Kier molecular flexibility index (Phi) is 4.12. The molecule has 100 valence electrons. The summed E-state index contributed by atoms with van der Waals surface area (Å²) < 4.78 is 10.1. The number of hydrogen-bond acceptors (Lipinski definition) is 6. The second-order valence-corrected chi connectivity index (χ2v) is 3.95. The molecular weight excluding hydrogens is 246 g/mol. The van der Waals surface area contributed by atoms with E-state index in [1.54, 1.807) is 24.3 Å². The van der Waals surface area contributed by atoms with Crippen molar-refractivity contribution in [2.75, 3.05) is 12.4 Å². The van der Waals surface area contributed by atoms with E-state index in [0.29, 0.717) is 23.2 Å². The van der Waals surface area contributed by atoms with Gasteiger partial charge in [0.15, 0.2) is 0 Å². The van der Waals surface area contributed by atoms with Crippen molar-refractivity contribution in [3.63, 3.8) is 0 Å². The van der Waals surface area contributed by atoms with Gasteiger partial charge < -0.3 is 14.5 Å². The van der Waals surface area contributed by atoms with Gasteiger partial charge in [0.2, 0.25) is 5.89 Å². The molecule has 19 heavy (non-hydrogen) atoms. The molecule has 0 fully saturated rings. The summed E-state index contributed by atoms with van der Waals surface area (Å²) in [5, 5.41) is 10.7. The number of anilines is 2. The van der Waals surface area contributed by atoms with Gasteiger partial charge in [-0.1, -0.05) is 18.1 Å². The number of aryl methyl sites for hydroxylation is 1. The standard InChI is InChI=1S/C13H15N3O3/c1-3-5-11-15-16-13(19-11)14-10-7-4-6-9(8-10)12(17)18-2/h4,6-8H,3,5H2,1-2H3,(H,14,16). The first kappa shape index (κ1) is 13.1. The molecule has 6 nitrogen and oxygen atoms in total. The first-order valence-corrected chi connectivity index (χ1v) is 6.00. The third-order valence-electron chi connectivity index (χ3n) is 2.47. The molecule has 0 atom stereocenters. The first-order valence-electron chi connectivity index (χ1n) is 6.00. The van der Waals surface area contributed by atoms with Crippen LogP contribution in [-0.4, -0.2) is 23.3 Å². The molecule has 1 aromatic heterocycles. The summed E-state index contributed by atoms with van der Waals surface area (Å²) in [6.07, 6.45) is 1.69. The summed E-state index contributed by atoms with van der Waals surface area (Å²) in [7, 11) is 1.34. The van der Waals surface area contributed by atoms with Crippen LogP contribution in [0.15, 0.2) is 28.7 Å². The van der Waals surface area contributed by atoms with E-state index in [9.17, 15) is 4.79 Å². The number of nitrogens with zero attached hydrogens (tertiary/aromatic N) is 2. The van der Waals surface area contributed by atoms with Gasteiger partial charge in [-0.05, 0) is 24.6 Å². The highest BCUT2D eigenvalue weighted by atomic mass is 16.5. The molecule has 6 heteroatoms. The van der Waals surface area contributed by atoms with Crippen molar-refractivity contribution >= 4 is 17.7 Å². The van der Waals surface area contributed by atoms with E-state index in [1.807, 2.05) is 6.92 Å². The van der Waals surface area contributed by atoms with Crippen LogP contribution in [0.4, 0.5) is 11.7 Å². The average Bonchev–Trinajstić information content (AvgIpc) is 2.86. The van der Waals surface area contributed by atoms with Gasteiger partial charge in [-0.25, -0.2) is 4.79 Å². The van der Waals surface area contributed by atoms with Gasteiger partial charge in [-0.2, -0.15) is 0 Å². The van der Waals surface area contributed by atoms with Crippen LogP contribution in [0.1, 0.15) is 29.6 Å². The van der Waals surface area contributed by atoms with E-state index >= 15 is 0 Å². The van der Waals surface area contributed by atoms with Crippen molar-refractivity contribution in [1.82, 2.24) is 10.2 Å². The van der Waals surface area contributed by atoms with Crippen LogP contribution >= 0.6 is 0 Å². The number of methoxy groups -OCH3 is 1. The van der Waals surface area contributed by atoms with E-state index in [0.717, 1.165) is 12.8 Å². The normalized spacial score (nSPS) is 10.2. The SMILES string of the molecule is CCCc1nnc(Nc2cccc(C(=O)OC)c2)o1. The lowest BCUT2D eigenvalue weighted by Crippen LogP contribution is -2.01. The van der Waals surface area contributed by atoms with Crippen LogP contribution in [0.3, 0.4) is 0 Å². The summed E-state index contributed by atoms with van der Waals surface area (Å²) in [5.41, 5.74) is 1.15. The lowest BCUT2D eigenvalue weighted by Gasteiger charge is -2.03. The summed E-state index contributed by atoms with van der Waals surface area (Å²) in [4.78, 5) is 11.4. The Morgan fingerprint density at radius 2 is 2.26 bits per heavy atom. The smallest absolute Gasteiger partial charge is 0.337 e. The van der Waals surface area contributed by atoms with Gasteiger partial charge in [-0.3, -0.25) is 0 Å². The highest BCUT2D eigenvalue weighted by Gasteiger charge is 2.08. The minimum atomic E-state index is -0.388. The molecule has 1 heterocycles. The zero-order valence-electron chi connectivity index (χ0n) is 10.8. The maximum Gasteiger partial charge on any atom is 0.337 e. The number of esters is 1. The summed E-state index contributed by atoms with van der Waals surface area (Å²) in [5.74, 6) is 0.204. The predicted molar refractivity (Wildman–Crippen MR) is 69.4 cm³/mol. The van der Waals surface area contributed by atoms with Crippen LogP contribution in [-0.2, 0) is 11.2 Å². The number of carbonyl (C=O) groups is 1. The number of rotatable bonds is 5. The molecule has 0 aliphatic heterocycles. The minimum Gasteiger partial charge on any atom is -0.465 e.